The Morgan fingerprint density at radius 2 is 1.94 bits per heavy atom. The minimum atomic E-state index is -0.475. The number of hydrogen-bond donors (Lipinski definition) is 2. The van der Waals surface area contributed by atoms with E-state index in [1.807, 2.05) is 6.92 Å². The highest BCUT2D eigenvalue weighted by molar-refractivity contribution is 9.10. The molecule has 4 heteroatoms. The lowest BCUT2D eigenvalue weighted by Crippen LogP contribution is -2.25. The summed E-state index contributed by atoms with van der Waals surface area (Å²) in [6.07, 6.45) is -0.475. The summed E-state index contributed by atoms with van der Waals surface area (Å²) in [7, 11) is 0. The molecular formula is C13H20BrNO2. The lowest BCUT2D eigenvalue weighted by Gasteiger charge is -2.16. The normalized spacial score (nSPS) is 12.5. The molecule has 0 aliphatic heterocycles. The Labute approximate surface area is 111 Å². The van der Waals surface area contributed by atoms with E-state index < -0.39 is 6.10 Å². The summed E-state index contributed by atoms with van der Waals surface area (Å²) in [5.41, 5.74) is 3.42. The van der Waals surface area contributed by atoms with Gasteiger partial charge in [-0.25, -0.2) is 0 Å². The van der Waals surface area contributed by atoms with Crippen molar-refractivity contribution in [2.75, 3.05) is 25.1 Å². The summed E-state index contributed by atoms with van der Waals surface area (Å²) in [6.45, 7) is 7.53. The van der Waals surface area contributed by atoms with Crippen molar-refractivity contribution in [1.29, 1.82) is 0 Å². The molecule has 0 bridgehead atoms. The van der Waals surface area contributed by atoms with Gasteiger partial charge >= 0.3 is 0 Å². The van der Waals surface area contributed by atoms with Gasteiger partial charge in [0.2, 0.25) is 0 Å². The molecule has 0 fully saturated rings. The molecule has 17 heavy (non-hydrogen) atoms. The van der Waals surface area contributed by atoms with E-state index >= 15 is 0 Å². The fraction of sp³-hybridized carbons (Fsp3) is 0.538. The van der Waals surface area contributed by atoms with Crippen molar-refractivity contribution in [1.82, 2.24) is 0 Å². The minimum Gasteiger partial charge on any atom is -0.389 e. The third kappa shape index (κ3) is 4.66. The Kier molecular flexibility index (Phi) is 5.95. The van der Waals surface area contributed by atoms with Gasteiger partial charge in [-0.1, -0.05) is 15.9 Å². The number of rotatable bonds is 6. The molecule has 0 aromatic heterocycles. The topological polar surface area (TPSA) is 41.5 Å². The second-order valence-corrected chi connectivity index (χ2v) is 5.02. The fourth-order valence-corrected chi connectivity index (χ4v) is 2.41. The van der Waals surface area contributed by atoms with Crippen LogP contribution >= 0.6 is 15.9 Å². The number of anilines is 1. The van der Waals surface area contributed by atoms with Crippen molar-refractivity contribution >= 4 is 21.6 Å². The lowest BCUT2D eigenvalue weighted by atomic mass is 10.1. The first-order valence-corrected chi connectivity index (χ1v) is 6.60. The lowest BCUT2D eigenvalue weighted by molar-refractivity contribution is 0.0496. The first-order chi connectivity index (χ1) is 8.04. The summed E-state index contributed by atoms with van der Waals surface area (Å²) in [5, 5.41) is 12.9. The number of halogens is 1. The van der Waals surface area contributed by atoms with Crippen LogP contribution < -0.4 is 5.32 Å². The van der Waals surface area contributed by atoms with Crippen LogP contribution in [-0.2, 0) is 4.74 Å². The summed E-state index contributed by atoms with van der Waals surface area (Å²) < 4.78 is 6.24. The number of ether oxygens (including phenoxy) is 1. The molecule has 3 nitrogen and oxygen atoms in total. The number of aliphatic hydroxyl groups is 1. The van der Waals surface area contributed by atoms with Crippen LogP contribution in [0.1, 0.15) is 18.1 Å². The van der Waals surface area contributed by atoms with Crippen molar-refractivity contribution in [3.8, 4) is 0 Å². The summed E-state index contributed by atoms with van der Waals surface area (Å²) in [6, 6.07) is 4.12. The number of aliphatic hydroxyl groups excluding tert-OH is 1. The molecule has 2 N–H and O–H groups in total. The predicted octanol–water partition coefficient (Wildman–Crippen LogP) is 2.88. The van der Waals surface area contributed by atoms with Gasteiger partial charge in [0, 0.05) is 23.3 Å². The van der Waals surface area contributed by atoms with Crippen LogP contribution in [0.2, 0.25) is 0 Å². The Hall–Kier alpha value is -0.580. The highest BCUT2D eigenvalue weighted by Gasteiger charge is 2.07. The standard InChI is InChI=1S/C13H20BrNO2/c1-4-17-8-12(16)7-15-13-9(2)5-11(14)6-10(13)3/h5-6,12,15-16H,4,7-8H2,1-3H3. The van der Waals surface area contributed by atoms with Gasteiger partial charge in [0.25, 0.3) is 0 Å². The highest BCUT2D eigenvalue weighted by atomic mass is 79.9. The van der Waals surface area contributed by atoms with Crippen LogP contribution in [0.15, 0.2) is 16.6 Å². The van der Waals surface area contributed by atoms with E-state index in [1.165, 1.54) is 11.1 Å². The van der Waals surface area contributed by atoms with E-state index in [-0.39, 0.29) is 0 Å². The Morgan fingerprint density at radius 3 is 2.47 bits per heavy atom. The van der Waals surface area contributed by atoms with E-state index in [0.29, 0.717) is 19.8 Å². The highest BCUT2D eigenvalue weighted by Crippen LogP contribution is 2.24. The van der Waals surface area contributed by atoms with Crippen molar-refractivity contribution < 1.29 is 9.84 Å². The van der Waals surface area contributed by atoms with Crippen LogP contribution in [0.4, 0.5) is 5.69 Å². The zero-order valence-corrected chi connectivity index (χ0v) is 12.2. The van der Waals surface area contributed by atoms with Crippen molar-refractivity contribution in [2.45, 2.75) is 26.9 Å². The zero-order chi connectivity index (χ0) is 12.8. The second-order valence-electron chi connectivity index (χ2n) is 4.11. The smallest absolute Gasteiger partial charge is 0.0945 e. The molecule has 1 unspecified atom stereocenters. The zero-order valence-electron chi connectivity index (χ0n) is 10.6. The molecule has 0 saturated carbocycles. The molecule has 0 heterocycles. The van der Waals surface area contributed by atoms with Crippen molar-refractivity contribution in [3.05, 3.63) is 27.7 Å². The average Bonchev–Trinajstić information content (AvgIpc) is 2.24. The molecule has 0 aliphatic carbocycles. The molecular weight excluding hydrogens is 282 g/mol. The van der Waals surface area contributed by atoms with Gasteiger partial charge in [0.05, 0.1) is 12.7 Å². The van der Waals surface area contributed by atoms with Gasteiger partial charge in [0.1, 0.15) is 0 Å². The molecule has 0 amide bonds. The van der Waals surface area contributed by atoms with Crippen LogP contribution in [0.3, 0.4) is 0 Å². The molecule has 0 aliphatic rings. The largest absolute Gasteiger partial charge is 0.389 e. The number of hydrogen-bond acceptors (Lipinski definition) is 3. The van der Waals surface area contributed by atoms with E-state index in [1.54, 1.807) is 0 Å². The van der Waals surface area contributed by atoms with E-state index in [4.69, 9.17) is 4.74 Å². The van der Waals surface area contributed by atoms with E-state index in [2.05, 4.69) is 47.2 Å². The van der Waals surface area contributed by atoms with Crippen LogP contribution in [0, 0.1) is 13.8 Å². The molecule has 0 spiro atoms. The monoisotopic (exact) mass is 301 g/mol. The molecule has 96 valence electrons. The third-order valence-corrected chi connectivity index (χ3v) is 2.98. The Balaban J connectivity index is 2.57. The van der Waals surface area contributed by atoms with Gasteiger partial charge in [-0.2, -0.15) is 0 Å². The van der Waals surface area contributed by atoms with Crippen LogP contribution in [0.5, 0.6) is 0 Å². The van der Waals surface area contributed by atoms with Crippen LogP contribution in [0.25, 0.3) is 0 Å². The van der Waals surface area contributed by atoms with E-state index in [9.17, 15) is 5.11 Å². The third-order valence-electron chi connectivity index (χ3n) is 2.53. The first-order valence-electron chi connectivity index (χ1n) is 5.81. The average molecular weight is 302 g/mol. The summed E-state index contributed by atoms with van der Waals surface area (Å²) in [4.78, 5) is 0. The van der Waals surface area contributed by atoms with Crippen molar-refractivity contribution in [3.63, 3.8) is 0 Å². The molecule has 1 rings (SSSR count). The SMILES string of the molecule is CCOCC(O)CNc1c(C)cc(Br)cc1C. The molecule has 0 radical (unpaired) electrons. The maximum Gasteiger partial charge on any atom is 0.0945 e. The molecule has 1 aromatic rings. The fourth-order valence-electron chi connectivity index (χ4n) is 1.72. The predicted molar refractivity (Wildman–Crippen MR) is 74.6 cm³/mol. The summed E-state index contributed by atoms with van der Waals surface area (Å²) in [5.74, 6) is 0. The van der Waals surface area contributed by atoms with Gasteiger partial charge in [-0.05, 0) is 44.0 Å². The van der Waals surface area contributed by atoms with Crippen molar-refractivity contribution in [2.24, 2.45) is 0 Å². The van der Waals surface area contributed by atoms with Gasteiger partial charge in [-0.3, -0.25) is 0 Å². The second kappa shape index (κ2) is 6.99. The van der Waals surface area contributed by atoms with Gasteiger partial charge in [-0.15, -0.1) is 0 Å². The number of nitrogens with one attached hydrogen (secondary N) is 1. The van der Waals surface area contributed by atoms with Gasteiger partial charge < -0.3 is 15.2 Å². The van der Waals surface area contributed by atoms with Gasteiger partial charge in [0.15, 0.2) is 0 Å². The number of aryl methyl sites for hydroxylation is 2. The summed E-state index contributed by atoms with van der Waals surface area (Å²) >= 11 is 3.46. The maximum absolute atomic E-state index is 9.68. The first kappa shape index (κ1) is 14.5. The quantitative estimate of drug-likeness (QED) is 0.849. The Bertz CT molecular complexity index is 345. The van der Waals surface area contributed by atoms with E-state index in [0.717, 1.165) is 10.2 Å². The number of benzene rings is 1. The maximum atomic E-state index is 9.68. The minimum absolute atomic E-state index is 0.373. The van der Waals surface area contributed by atoms with Crippen LogP contribution in [-0.4, -0.2) is 31.0 Å². The molecule has 0 saturated heterocycles. The Morgan fingerprint density at radius 1 is 1.35 bits per heavy atom. The molecule has 1 aromatic carbocycles. The molecule has 1 atom stereocenters.